The Balaban J connectivity index is 1.52. The van der Waals surface area contributed by atoms with Gasteiger partial charge in [0.05, 0.1) is 13.2 Å². The molecule has 0 spiro atoms. The van der Waals surface area contributed by atoms with E-state index in [-0.39, 0.29) is 11.8 Å². The van der Waals surface area contributed by atoms with Crippen molar-refractivity contribution in [2.24, 2.45) is 7.05 Å². The molecule has 0 N–H and O–H groups in total. The number of amides is 1. The highest BCUT2D eigenvalue weighted by atomic mass is 16.5. The fourth-order valence-corrected chi connectivity index (χ4v) is 4.59. The molecule has 0 saturated carbocycles. The molecule has 0 bridgehead atoms. The lowest BCUT2D eigenvalue weighted by Gasteiger charge is -2.29. The molecule has 168 valence electrons. The Morgan fingerprint density at radius 2 is 1.67 bits per heavy atom. The number of benzene rings is 3. The largest absolute Gasteiger partial charge is 0.457 e. The Hall–Kier alpha value is -3.57. The average molecular weight is 441 g/mol. The Bertz CT molecular complexity index is 1240. The van der Waals surface area contributed by atoms with Crippen molar-refractivity contribution in [2.45, 2.75) is 12.3 Å². The van der Waals surface area contributed by atoms with E-state index < -0.39 is 0 Å². The van der Waals surface area contributed by atoms with Crippen LogP contribution in [-0.2, 0) is 16.6 Å². The number of aromatic nitrogens is 1. The summed E-state index contributed by atoms with van der Waals surface area (Å²) in [5.74, 6) is 1.64. The second-order valence-electron chi connectivity index (χ2n) is 8.45. The highest BCUT2D eigenvalue weighted by Gasteiger charge is 2.26. The van der Waals surface area contributed by atoms with Gasteiger partial charge in [-0.3, -0.25) is 4.79 Å². The van der Waals surface area contributed by atoms with Gasteiger partial charge in [-0.2, -0.15) is 0 Å². The summed E-state index contributed by atoms with van der Waals surface area (Å²) in [6, 6.07) is 26.3. The van der Waals surface area contributed by atoms with E-state index >= 15 is 0 Å². The molecule has 1 saturated heterocycles. The summed E-state index contributed by atoms with van der Waals surface area (Å²) in [5, 5.41) is 1.18. The van der Waals surface area contributed by atoms with Crippen molar-refractivity contribution in [1.82, 2.24) is 9.47 Å². The van der Waals surface area contributed by atoms with Gasteiger partial charge in [0.1, 0.15) is 11.5 Å². The van der Waals surface area contributed by atoms with Crippen molar-refractivity contribution >= 4 is 16.8 Å². The lowest BCUT2D eigenvalue weighted by atomic mass is 9.87. The fourth-order valence-electron chi connectivity index (χ4n) is 4.59. The van der Waals surface area contributed by atoms with Crippen molar-refractivity contribution in [3.8, 4) is 11.5 Å². The van der Waals surface area contributed by atoms with E-state index in [0.29, 0.717) is 32.7 Å². The van der Waals surface area contributed by atoms with Crippen molar-refractivity contribution in [3.05, 3.63) is 96.2 Å². The first-order valence-electron chi connectivity index (χ1n) is 11.4. The molecule has 33 heavy (non-hydrogen) atoms. The quantitative estimate of drug-likeness (QED) is 0.406. The number of para-hydroxylation sites is 2. The van der Waals surface area contributed by atoms with Crippen molar-refractivity contribution in [3.63, 3.8) is 0 Å². The van der Waals surface area contributed by atoms with Crippen LogP contribution in [0.5, 0.6) is 11.5 Å². The molecular formula is C28H28N2O3. The summed E-state index contributed by atoms with van der Waals surface area (Å²) >= 11 is 0. The van der Waals surface area contributed by atoms with Crippen LogP contribution >= 0.6 is 0 Å². The number of rotatable bonds is 6. The predicted molar refractivity (Wildman–Crippen MR) is 130 cm³/mol. The van der Waals surface area contributed by atoms with Crippen LogP contribution in [0.15, 0.2) is 85.1 Å². The smallest absolute Gasteiger partial charge is 0.223 e. The van der Waals surface area contributed by atoms with Crippen LogP contribution in [0.1, 0.15) is 23.5 Å². The number of nitrogens with zero attached hydrogens (tertiary/aromatic N) is 2. The van der Waals surface area contributed by atoms with Crippen LogP contribution in [0.4, 0.5) is 0 Å². The molecule has 5 heteroatoms. The van der Waals surface area contributed by atoms with E-state index in [9.17, 15) is 4.79 Å². The minimum Gasteiger partial charge on any atom is -0.457 e. The number of hydrogen-bond acceptors (Lipinski definition) is 3. The molecule has 0 radical (unpaired) electrons. The Morgan fingerprint density at radius 3 is 2.48 bits per heavy atom. The number of carbonyl (C=O) groups is 1. The molecule has 1 fully saturated rings. The standard InChI is InChI=1S/C28H28N2O3/c1-29-20-26(24-12-5-6-13-27(24)29)25(19-28(31)30-14-16-32-17-15-30)21-8-7-11-23(18-21)33-22-9-3-2-4-10-22/h2-13,18,20,25H,14-17,19H2,1H3. The second-order valence-corrected chi connectivity index (χ2v) is 8.45. The van der Waals surface area contributed by atoms with Gasteiger partial charge in [0.2, 0.25) is 5.91 Å². The molecule has 5 nitrogen and oxygen atoms in total. The zero-order valence-corrected chi connectivity index (χ0v) is 18.8. The van der Waals surface area contributed by atoms with Crippen LogP contribution in [0.3, 0.4) is 0 Å². The van der Waals surface area contributed by atoms with Crippen molar-refractivity contribution in [1.29, 1.82) is 0 Å². The first-order chi connectivity index (χ1) is 16.2. The van der Waals surface area contributed by atoms with Gasteiger partial charge in [-0.15, -0.1) is 0 Å². The normalized spacial score (nSPS) is 14.9. The van der Waals surface area contributed by atoms with Gasteiger partial charge in [0.15, 0.2) is 0 Å². The molecule has 2 heterocycles. The average Bonchev–Trinajstić information content (AvgIpc) is 3.20. The van der Waals surface area contributed by atoms with Crippen LogP contribution < -0.4 is 4.74 Å². The third kappa shape index (κ3) is 4.64. The molecule has 0 aliphatic carbocycles. The van der Waals surface area contributed by atoms with Gasteiger partial charge in [0, 0.05) is 49.6 Å². The minimum absolute atomic E-state index is 0.0780. The Kier molecular flexibility index (Phi) is 6.13. The SMILES string of the molecule is Cn1cc(C(CC(=O)N2CCOCC2)c2cccc(Oc3ccccc3)c2)c2ccccc21. The van der Waals surface area contributed by atoms with Crippen molar-refractivity contribution < 1.29 is 14.3 Å². The van der Waals surface area contributed by atoms with E-state index in [0.717, 1.165) is 28.1 Å². The first-order valence-corrected chi connectivity index (χ1v) is 11.4. The molecule has 4 aromatic rings. The first kappa shape index (κ1) is 21.3. The zero-order valence-electron chi connectivity index (χ0n) is 18.8. The number of hydrogen-bond donors (Lipinski definition) is 0. The summed E-state index contributed by atoms with van der Waals surface area (Å²) in [7, 11) is 2.06. The van der Waals surface area contributed by atoms with Gasteiger partial charge in [0.25, 0.3) is 0 Å². The maximum Gasteiger partial charge on any atom is 0.223 e. The van der Waals surface area contributed by atoms with E-state index in [1.165, 1.54) is 5.39 Å². The van der Waals surface area contributed by atoms with E-state index in [2.05, 4.69) is 48.1 Å². The van der Waals surface area contributed by atoms with E-state index in [1.54, 1.807) is 0 Å². The number of carbonyl (C=O) groups excluding carboxylic acids is 1. The van der Waals surface area contributed by atoms with Crippen LogP contribution in [0.25, 0.3) is 10.9 Å². The lowest BCUT2D eigenvalue weighted by molar-refractivity contribution is -0.135. The van der Waals surface area contributed by atoms with Gasteiger partial charge >= 0.3 is 0 Å². The molecule has 1 aliphatic heterocycles. The summed E-state index contributed by atoms with van der Waals surface area (Å²) in [6.45, 7) is 2.51. The van der Waals surface area contributed by atoms with Gasteiger partial charge in [-0.05, 0) is 41.5 Å². The van der Waals surface area contributed by atoms with Crippen LogP contribution in [0.2, 0.25) is 0 Å². The van der Waals surface area contributed by atoms with E-state index in [1.807, 2.05) is 53.4 Å². The summed E-state index contributed by atoms with van der Waals surface area (Å²) in [5.41, 5.74) is 3.39. The minimum atomic E-state index is -0.0780. The molecule has 3 aromatic carbocycles. The second kappa shape index (κ2) is 9.51. The number of morpholine rings is 1. The number of fused-ring (bicyclic) bond motifs is 1. The topological polar surface area (TPSA) is 43.7 Å². The van der Waals surface area contributed by atoms with Crippen LogP contribution in [-0.4, -0.2) is 41.7 Å². The van der Waals surface area contributed by atoms with E-state index in [4.69, 9.17) is 9.47 Å². The number of aryl methyl sites for hydroxylation is 1. The molecule has 5 rings (SSSR count). The summed E-state index contributed by atoms with van der Waals surface area (Å²) in [4.78, 5) is 15.2. The van der Waals surface area contributed by atoms with Gasteiger partial charge < -0.3 is 18.9 Å². The lowest BCUT2D eigenvalue weighted by Crippen LogP contribution is -2.41. The molecule has 1 aliphatic rings. The monoisotopic (exact) mass is 440 g/mol. The Labute approximate surface area is 194 Å². The summed E-state index contributed by atoms with van der Waals surface area (Å²) < 4.78 is 13.7. The molecule has 1 amide bonds. The zero-order chi connectivity index (χ0) is 22.6. The molecule has 1 aromatic heterocycles. The fraction of sp³-hybridized carbons (Fsp3) is 0.250. The van der Waals surface area contributed by atoms with Crippen LogP contribution in [0, 0.1) is 0 Å². The maximum absolute atomic E-state index is 13.3. The van der Waals surface area contributed by atoms with Gasteiger partial charge in [-0.1, -0.05) is 48.5 Å². The van der Waals surface area contributed by atoms with Crippen molar-refractivity contribution in [2.75, 3.05) is 26.3 Å². The molecule has 1 atom stereocenters. The highest BCUT2D eigenvalue weighted by Crippen LogP contribution is 2.36. The third-order valence-corrected chi connectivity index (χ3v) is 6.29. The summed E-state index contributed by atoms with van der Waals surface area (Å²) in [6.07, 6.45) is 2.56. The van der Waals surface area contributed by atoms with Gasteiger partial charge in [-0.25, -0.2) is 0 Å². The highest BCUT2D eigenvalue weighted by molar-refractivity contribution is 5.86. The molecular weight excluding hydrogens is 412 g/mol. The number of ether oxygens (including phenoxy) is 2. The maximum atomic E-state index is 13.3. The molecule has 1 unspecified atom stereocenters. The Morgan fingerprint density at radius 1 is 0.939 bits per heavy atom. The predicted octanol–water partition coefficient (Wildman–Crippen LogP) is 5.35. The third-order valence-electron chi connectivity index (χ3n) is 6.29.